The summed E-state index contributed by atoms with van der Waals surface area (Å²) in [5.41, 5.74) is 1.50. The number of rotatable bonds is 15. The van der Waals surface area contributed by atoms with E-state index in [1.54, 1.807) is 18.2 Å². The molecule has 2 rings (SSSR count). The Balaban J connectivity index is 1.82. The summed E-state index contributed by atoms with van der Waals surface area (Å²) in [6.07, 6.45) is 2.09. The number of phenols is 1. The van der Waals surface area contributed by atoms with Gasteiger partial charge in [-0.05, 0) is 49.6 Å². The second-order valence-corrected chi connectivity index (χ2v) is 7.99. The van der Waals surface area contributed by atoms with Gasteiger partial charge >= 0.3 is 5.97 Å². The van der Waals surface area contributed by atoms with Gasteiger partial charge in [0.05, 0.1) is 25.2 Å². The van der Waals surface area contributed by atoms with Crippen LogP contribution in [0.25, 0.3) is 0 Å². The van der Waals surface area contributed by atoms with Crippen molar-refractivity contribution in [3.63, 3.8) is 0 Å². The standard InChI is InChI=1S/C26H31FO7/c1-3-5-21-23(12-10-20(17(2)28)26(21)32)33-14-4-15-34-24-11-7-18(16-22(24)27)6-8-19(29)9-13-25(30)31/h7,10-12,16,32H,3-6,8-9,13-15H2,1-2H3,(H,30,31). The molecular weight excluding hydrogens is 443 g/mol. The molecule has 0 fully saturated rings. The van der Waals surface area contributed by atoms with Gasteiger partial charge in [0.25, 0.3) is 0 Å². The Labute approximate surface area is 198 Å². The van der Waals surface area contributed by atoms with E-state index >= 15 is 0 Å². The number of carbonyl (C=O) groups is 3. The molecule has 0 bridgehead atoms. The molecule has 0 aromatic heterocycles. The van der Waals surface area contributed by atoms with Crippen LogP contribution in [0.5, 0.6) is 17.2 Å². The molecule has 0 aliphatic carbocycles. The van der Waals surface area contributed by atoms with Crippen LogP contribution in [0, 0.1) is 5.82 Å². The maximum Gasteiger partial charge on any atom is 0.303 e. The van der Waals surface area contributed by atoms with E-state index in [4.69, 9.17) is 14.6 Å². The lowest BCUT2D eigenvalue weighted by Gasteiger charge is -2.15. The number of Topliss-reactive ketones (excluding diaryl/α,β-unsaturated/α-hetero) is 2. The van der Waals surface area contributed by atoms with Crippen molar-refractivity contribution in [2.75, 3.05) is 13.2 Å². The second kappa shape index (κ2) is 13.3. The van der Waals surface area contributed by atoms with Gasteiger partial charge < -0.3 is 19.7 Å². The van der Waals surface area contributed by atoms with Gasteiger partial charge in [0.1, 0.15) is 17.3 Å². The predicted molar refractivity (Wildman–Crippen MR) is 124 cm³/mol. The lowest BCUT2D eigenvalue weighted by atomic mass is 10.0. The highest BCUT2D eigenvalue weighted by Gasteiger charge is 2.16. The number of hydrogen-bond donors (Lipinski definition) is 2. The fraction of sp³-hybridized carbons (Fsp3) is 0.423. The minimum atomic E-state index is -1.02. The van der Waals surface area contributed by atoms with E-state index in [0.717, 1.165) is 6.42 Å². The van der Waals surface area contributed by atoms with E-state index in [1.165, 1.54) is 19.1 Å². The van der Waals surface area contributed by atoms with Crippen molar-refractivity contribution < 1.29 is 38.5 Å². The number of aryl methyl sites for hydroxylation is 1. The first-order valence-electron chi connectivity index (χ1n) is 11.4. The lowest BCUT2D eigenvalue weighted by molar-refractivity contribution is -0.138. The van der Waals surface area contributed by atoms with Gasteiger partial charge in [-0.25, -0.2) is 4.39 Å². The fourth-order valence-corrected chi connectivity index (χ4v) is 3.42. The van der Waals surface area contributed by atoms with Crippen LogP contribution in [0.2, 0.25) is 0 Å². The summed E-state index contributed by atoms with van der Waals surface area (Å²) in [4.78, 5) is 33.8. The van der Waals surface area contributed by atoms with Crippen LogP contribution in [0.15, 0.2) is 30.3 Å². The van der Waals surface area contributed by atoms with E-state index in [2.05, 4.69) is 0 Å². The molecule has 0 spiro atoms. The molecule has 0 heterocycles. The smallest absolute Gasteiger partial charge is 0.303 e. The summed E-state index contributed by atoms with van der Waals surface area (Å²) >= 11 is 0. The molecular formula is C26H31FO7. The molecule has 0 aliphatic rings. The van der Waals surface area contributed by atoms with Gasteiger partial charge in [0.15, 0.2) is 17.3 Å². The molecule has 7 nitrogen and oxygen atoms in total. The molecule has 184 valence electrons. The van der Waals surface area contributed by atoms with Crippen LogP contribution >= 0.6 is 0 Å². The Bertz CT molecular complexity index is 1020. The van der Waals surface area contributed by atoms with Gasteiger partial charge in [-0.3, -0.25) is 14.4 Å². The fourth-order valence-electron chi connectivity index (χ4n) is 3.42. The predicted octanol–water partition coefficient (Wildman–Crippen LogP) is 4.90. The van der Waals surface area contributed by atoms with E-state index < -0.39 is 11.8 Å². The van der Waals surface area contributed by atoms with Crippen LogP contribution in [0.1, 0.15) is 67.4 Å². The minimum absolute atomic E-state index is 0.0263. The highest BCUT2D eigenvalue weighted by molar-refractivity contribution is 5.97. The van der Waals surface area contributed by atoms with Crippen molar-refractivity contribution in [3.05, 3.63) is 52.8 Å². The number of carboxylic acids is 1. The number of carbonyl (C=O) groups excluding carboxylic acids is 2. The van der Waals surface area contributed by atoms with Crippen molar-refractivity contribution in [2.45, 2.75) is 58.8 Å². The topological polar surface area (TPSA) is 110 Å². The number of ketones is 2. The zero-order valence-corrected chi connectivity index (χ0v) is 19.6. The Morgan fingerprint density at radius 1 is 0.941 bits per heavy atom. The van der Waals surface area contributed by atoms with Crippen molar-refractivity contribution >= 4 is 17.5 Å². The Morgan fingerprint density at radius 2 is 1.62 bits per heavy atom. The third-order valence-electron chi connectivity index (χ3n) is 5.23. The number of aliphatic carboxylic acids is 1. The Kier molecular flexibility index (Phi) is 10.5. The molecule has 0 saturated heterocycles. The maximum absolute atomic E-state index is 14.3. The Hall–Kier alpha value is -3.42. The summed E-state index contributed by atoms with van der Waals surface area (Å²) in [6, 6.07) is 7.71. The monoisotopic (exact) mass is 474 g/mol. The van der Waals surface area contributed by atoms with Crippen LogP contribution in [0.4, 0.5) is 4.39 Å². The summed E-state index contributed by atoms with van der Waals surface area (Å²) in [6.45, 7) is 3.86. The average molecular weight is 475 g/mol. The summed E-state index contributed by atoms with van der Waals surface area (Å²) in [7, 11) is 0. The molecule has 0 radical (unpaired) electrons. The SMILES string of the molecule is CCCc1c(OCCCOc2ccc(CCC(=O)CCC(=O)O)cc2F)ccc(C(C)=O)c1O. The van der Waals surface area contributed by atoms with Crippen LogP contribution in [-0.4, -0.2) is 41.0 Å². The van der Waals surface area contributed by atoms with Gasteiger partial charge in [-0.15, -0.1) is 0 Å². The molecule has 8 heteroatoms. The Morgan fingerprint density at radius 3 is 2.24 bits per heavy atom. The zero-order valence-electron chi connectivity index (χ0n) is 19.6. The minimum Gasteiger partial charge on any atom is -0.507 e. The number of aromatic hydroxyl groups is 1. The van der Waals surface area contributed by atoms with Gasteiger partial charge in [-0.1, -0.05) is 19.4 Å². The van der Waals surface area contributed by atoms with E-state index in [1.807, 2.05) is 6.92 Å². The third kappa shape index (κ3) is 8.17. The van der Waals surface area contributed by atoms with Crippen LogP contribution in [-0.2, 0) is 22.4 Å². The normalized spacial score (nSPS) is 10.7. The first-order chi connectivity index (χ1) is 16.2. The lowest BCUT2D eigenvalue weighted by Crippen LogP contribution is -2.08. The molecule has 0 saturated carbocycles. The highest BCUT2D eigenvalue weighted by Crippen LogP contribution is 2.33. The molecule has 0 aliphatic heterocycles. The number of carboxylic acid groups (broad SMARTS) is 1. The summed E-state index contributed by atoms with van der Waals surface area (Å²) < 4.78 is 25.6. The molecule has 0 amide bonds. The summed E-state index contributed by atoms with van der Waals surface area (Å²) in [5, 5.41) is 19.0. The summed E-state index contributed by atoms with van der Waals surface area (Å²) in [5.74, 6) is -1.38. The van der Waals surface area contributed by atoms with Crippen LogP contribution in [0.3, 0.4) is 0 Å². The first kappa shape index (κ1) is 26.8. The molecule has 34 heavy (non-hydrogen) atoms. The molecule has 0 unspecified atom stereocenters. The van der Waals surface area contributed by atoms with Crippen molar-refractivity contribution in [2.24, 2.45) is 0 Å². The van der Waals surface area contributed by atoms with E-state index in [9.17, 15) is 23.9 Å². The second-order valence-electron chi connectivity index (χ2n) is 7.99. The maximum atomic E-state index is 14.3. The average Bonchev–Trinajstić information content (AvgIpc) is 2.79. The number of halogens is 1. The number of phenolic OH excluding ortho intramolecular Hbond substituents is 1. The molecule has 2 aromatic rings. The highest BCUT2D eigenvalue weighted by atomic mass is 19.1. The number of ether oxygens (including phenoxy) is 2. The van der Waals surface area contributed by atoms with Gasteiger partial charge in [0, 0.05) is 24.8 Å². The molecule has 0 atom stereocenters. The van der Waals surface area contributed by atoms with Crippen molar-refractivity contribution in [1.82, 2.24) is 0 Å². The molecule has 2 aromatic carbocycles. The van der Waals surface area contributed by atoms with Gasteiger partial charge in [0.2, 0.25) is 0 Å². The van der Waals surface area contributed by atoms with Crippen LogP contribution < -0.4 is 9.47 Å². The number of benzene rings is 2. The third-order valence-corrected chi connectivity index (χ3v) is 5.23. The van der Waals surface area contributed by atoms with E-state index in [-0.39, 0.29) is 61.1 Å². The number of hydrogen-bond acceptors (Lipinski definition) is 6. The van der Waals surface area contributed by atoms with Crippen molar-refractivity contribution in [1.29, 1.82) is 0 Å². The van der Waals surface area contributed by atoms with Gasteiger partial charge in [-0.2, -0.15) is 0 Å². The first-order valence-corrected chi connectivity index (χ1v) is 11.4. The quantitative estimate of drug-likeness (QED) is 0.279. The van der Waals surface area contributed by atoms with Crippen molar-refractivity contribution in [3.8, 4) is 17.2 Å². The van der Waals surface area contributed by atoms with E-state index in [0.29, 0.717) is 36.1 Å². The zero-order chi connectivity index (χ0) is 25.1. The molecule has 2 N–H and O–H groups in total. The largest absolute Gasteiger partial charge is 0.507 e.